The molecule has 0 unspecified atom stereocenters. The number of hydrogen-bond donors (Lipinski definition) is 3. The van der Waals surface area contributed by atoms with E-state index in [0.717, 1.165) is 11.1 Å². The molecule has 11 heteroatoms. The fourth-order valence-corrected chi connectivity index (χ4v) is 3.28. The SMILES string of the molecule is COc1ccc(CCNC(=O)c2nnn(CC(=O)Nc3cccc(Cl)c3C)c2N)cc1OC. The Labute approximate surface area is 196 Å². The van der Waals surface area contributed by atoms with Crippen molar-refractivity contribution >= 4 is 34.9 Å². The number of benzene rings is 2. The summed E-state index contributed by atoms with van der Waals surface area (Å²) >= 11 is 6.08. The monoisotopic (exact) mass is 472 g/mol. The molecule has 0 aliphatic carbocycles. The first kappa shape index (κ1) is 23.9. The van der Waals surface area contributed by atoms with Gasteiger partial charge in [0.1, 0.15) is 6.54 Å². The van der Waals surface area contributed by atoms with Gasteiger partial charge in [-0.15, -0.1) is 5.10 Å². The molecule has 33 heavy (non-hydrogen) atoms. The molecule has 4 N–H and O–H groups in total. The van der Waals surface area contributed by atoms with Crippen molar-refractivity contribution in [1.29, 1.82) is 0 Å². The average Bonchev–Trinajstić information content (AvgIpc) is 3.16. The van der Waals surface area contributed by atoms with E-state index in [9.17, 15) is 9.59 Å². The molecule has 0 aliphatic rings. The number of rotatable bonds is 9. The van der Waals surface area contributed by atoms with Crippen molar-refractivity contribution < 1.29 is 19.1 Å². The molecule has 0 radical (unpaired) electrons. The molecule has 2 amide bonds. The number of nitrogens with one attached hydrogen (secondary N) is 2. The molecule has 174 valence electrons. The molecule has 0 fully saturated rings. The van der Waals surface area contributed by atoms with Crippen molar-refractivity contribution in [3.8, 4) is 11.5 Å². The minimum absolute atomic E-state index is 0.00316. The number of hydrogen-bond acceptors (Lipinski definition) is 7. The Balaban J connectivity index is 1.57. The van der Waals surface area contributed by atoms with Gasteiger partial charge in [-0.05, 0) is 48.7 Å². The van der Waals surface area contributed by atoms with E-state index in [1.165, 1.54) is 4.68 Å². The number of anilines is 2. The van der Waals surface area contributed by atoms with Crippen LogP contribution in [0.15, 0.2) is 36.4 Å². The third-order valence-electron chi connectivity index (χ3n) is 4.97. The highest BCUT2D eigenvalue weighted by molar-refractivity contribution is 6.31. The predicted molar refractivity (Wildman–Crippen MR) is 125 cm³/mol. The van der Waals surface area contributed by atoms with Crippen LogP contribution in [0.5, 0.6) is 11.5 Å². The summed E-state index contributed by atoms with van der Waals surface area (Å²) < 4.78 is 11.7. The van der Waals surface area contributed by atoms with E-state index in [4.69, 9.17) is 26.8 Å². The molecule has 0 atom stereocenters. The number of methoxy groups -OCH3 is 2. The van der Waals surface area contributed by atoms with Gasteiger partial charge < -0.3 is 25.8 Å². The maximum Gasteiger partial charge on any atom is 0.275 e. The molecular weight excluding hydrogens is 448 g/mol. The van der Waals surface area contributed by atoms with Crippen LogP contribution >= 0.6 is 11.6 Å². The molecule has 1 aromatic heterocycles. The number of amides is 2. The van der Waals surface area contributed by atoms with Gasteiger partial charge in [0.05, 0.1) is 14.2 Å². The molecule has 2 aromatic carbocycles. The van der Waals surface area contributed by atoms with Crippen LogP contribution in [0, 0.1) is 6.92 Å². The molecule has 1 heterocycles. The number of aromatic nitrogens is 3. The lowest BCUT2D eigenvalue weighted by atomic mass is 10.1. The van der Waals surface area contributed by atoms with Crippen molar-refractivity contribution in [2.24, 2.45) is 0 Å². The maximum absolute atomic E-state index is 12.5. The molecule has 0 spiro atoms. The molecule has 3 aromatic rings. The molecule has 0 bridgehead atoms. The summed E-state index contributed by atoms with van der Waals surface area (Å²) in [5, 5.41) is 13.7. The van der Waals surface area contributed by atoms with Crippen molar-refractivity contribution in [1.82, 2.24) is 20.3 Å². The summed E-state index contributed by atoms with van der Waals surface area (Å²) in [6.07, 6.45) is 0.557. The number of halogens is 1. The maximum atomic E-state index is 12.5. The van der Waals surface area contributed by atoms with Crippen molar-refractivity contribution in [3.63, 3.8) is 0 Å². The first-order valence-corrected chi connectivity index (χ1v) is 10.4. The zero-order valence-corrected chi connectivity index (χ0v) is 19.3. The summed E-state index contributed by atoms with van der Waals surface area (Å²) in [5.41, 5.74) is 8.23. The second kappa shape index (κ2) is 10.7. The number of carbonyl (C=O) groups is 2. The first-order valence-electron chi connectivity index (χ1n) is 10.1. The lowest BCUT2D eigenvalue weighted by Crippen LogP contribution is -2.27. The van der Waals surface area contributed by atoms with Crippen LogP contribution in [0.2, 0.25) is 5.02 Å². The summed E-state index contributed by atoms with van der Waals surface area (Å²) in [7, 11) is 3.13. The molecule has 0 saturated carbocycles. The molecule has 10 nitrogen and oxygen atoms in total. The third kappa shape index (κ3) is 5.72. The van der Waals surface area contributed by atoms with Gasteiger partial charge in [0.25, 0.3) is 5.91 Å². The highest BCUT2D eigenvalue weighted by Gasteiger charge is 2.19. The molecule has 0 aliphatic heterocycles. The lowest BCUT2D eigenvalue weighted by molar-refractivity contribution is -0.116. The Morgan fingerprint density at radius 1 is 1.15 bits per heavy atom. The normalized spacial score (nSPS) is 10.5. The number of nitrogens with zero attached hydrogens (tertiary/aromatic N) is 3. The van der Waals surface area contributed by atoms with E-state index in [-0.39, 0.29) is 24.0 Å². The van der Waals surface area contributed by atoms with E-state index in [0.29, 0.717) is 35.2 Å². The van der Waals surface area contributed by atoms with Crippen LogP contribution in [0.4, 0.5) is 11.5 Å². The van der Waals surface area contributed by atoms with Crippen LogP contribution in [0.3, 0.4) is 0 Å². The summed E-state index contributed by atoms with van der Waals surface area (Å²) in [6.45, 7) is 1.94. The van der Waals surface area contributed by atoms with Gasteiger partial charge in [0.15, 0.2) is 23.0 Å². The smallest absolute Gasteiger partial charge is 0.275 e. The Bertz CT molecular complexity index is 1160. The van der Waals surface area contributed by atoms with Gasteiger partial charge in [-0.2, -0.15) is 0 Å². The van der Waals surface area contributed by atoms with Gasteiger partial charge in [0, 0.05) is 17.3 Å². The zero-order valence-electron chi connectivity index (χ0n) is 18.5. The lowest BCUT2D eigenvalue weighted by Gasteiger charge is -2.10. The van der Waals surface area contributed by atoms with Crippen LogP contribution in [0.25, 0.3) is 0 Å². The topological polar surface area (TPSA) is 133 Å². The predicted octanol–water partition coefficient (Wildman–Crippen LogP) is 2.45. The average molecular weight is 473 g/mol. The minimum atomic E-state index is -0.481. The van der Waals surface area contributed by atoms with E-state index in [2.05, 4.69) is 20.9 Å². The molecular formula is C22H25ClN6O4. The number of nitrogen functional groups attached to an aromatic ring is 1. The Morgan fingerprint density at radius 2 is 1.91 bits per heavy atom. The fraction of sp³-hybridized carbons (Fsp3) is 0.273. The first-order chi connectivity index (χ1) is 15.8. The Hall–Kier alpha value is -3.79. The van der Waals surface area contributed by atoms with E-state index in [1.54, 1.807) is 45.4 Å². The van der Waals surface area contributed by atoms with Gasteiger partial charge >= 0.3 is 0 Å². The highest BCUT2D eigenvalue weighted by Crippen LogP contribution is 2.27. The Kier molecular flexibility index (Phi) is 7.73. The van der Waals surface area contributed by atoms with Crippen molar-refractivity contribution in [2.75, 3.05) is 31.8 Å². The summed E-state index contributed by atoms with van der Waals surface area (Å²) in [4.78, 5) is 24.9. The molecule has 0 saturated heterocycles. The zero-order chi connectivity index (χ0) is 24.0. The van der Waals surface area contributed by atoms with E-state index >= 15 is 0 Å². The standard InChI is InChI=1S/C22H25ClN6O4/c1-13-15(23)5-4-6-16(13)26-19(30)12-29-21(24)20(27-28-29)22(31)25-10-9-14-7-8-17(32-2)18(11-14)33-3/h4-8,11H,9-10,12,24H2,1-3H3,(H,25,31)(H,26,30). The van der Waals surface area contributed by atoms with Crippen LogP contribution in [0.1, 0.15) is 21.6 Å². The number of carbonyl (C=O) groups excluding carboxylic acids is 2. The van der Waals surface area contributed by atoms with Crippen LogP contribution < -0.4 is 25.8 Å². The van der Waals surface area contributed by atoms with Crippen LogP contribution in [-0.2, 0) is 17.8 Å². The second-order valence-electron chi connectivity index (χ2n) is 7.14. The Morgan fingerprint density at radius 3 is 2.64 bits per heavy atom. The largest absolute Gasteiger partial charge is 0.493 e. The minimum Gasteiger partial charge on any atom is -0.493 e. The summed E-state index contributed by atoms with van der Waals surface area (Å²) in [5.74, 6) is 0.378. The third-order valence-corrected chi connectivity index (χ3v) is 5.38. The van der Waals surface area contributed by atoms with Crippen molar-refractivity contribution in [2.45, 2.75) is 19.9 Å². The second-order valence-corrected chi connectivity index (χ2v) is 7.54. The number of ether oxygens (including phenoxy) is 2. The number of nitrogens with two attached hydrogens (primary N) is 1. The van der Waals surface area contributed by atoms with Gasteiger partial charge in [0.2, 0.25) is 5.91 Å². The quantitative estimate of drug-likeness (QED) is 0.435. The highest BCUT2D eigenvalue weighted by atomic mass is 35.5. The van der Waals surface area contributed by atoms with E-state index < -0.39 is 5.91 Å². The molecule has 3 rings (SSSR count). The van der Waals surface area contributed by atoms with Gasteiger partial charge in [-0.25, -0.2) is 4.68 Å². The fourth-order valence-electron chi connectivity index (χ4n) is 3.11. The van der Waals surface area contributed by atoms with Gasteiger partial charge in [-0.1, -0.05) is 28.9 Å². The summed E-state index contributed by atoms with van der Waals surface area (Å²) in [6, 6.07) is 10.7. The van der Waals surface area contributed by atoms with E-state index in [1.807, 2.05) is 12.1 Å². The van der Waals surface area contributed by atoms with Gasteiger partial charge in [-0.3, -0.25) is 9.59 Å². The van der Waals surface area contributed by atoms with Crippen molar-refractivity contribution in [3.05, 3.63) is 58.2 Å². The van der Waals surface area contributed by atoms with Crippen LogP contribution in [-0.4, -0.2) is 47.6 Å².